The van der Waals surface area contributed by atoms with Gasteiger partial charge in [-0.3, -0.25) is 4.98 Å². The Bertz CT molecular complexity index is 595. The molecular formula is C16H17NO2. The summed E-state index contributed by atoms with van der Waals surface area (Å²) < 4.78 is 5.75. The lowest BCUT2D eigenvalue weighted by Crippen LogP contribution is -2.12. The summed E-state index contributed by atoms with van der Waals surface area (Å²) in [5.74, 6) is 0.857. The van der Waals surface area contributed by atoms with E-state index >= 15 is 0 Å². The first kappa shape index (κ1) is 12.2. The van der Waals surface area contributed by atoms with E-state index in [1.165, 1.54) is 5.56 Å². The summed E-state index contributed by atoms with van der Waals surface area (Å²) in [5.41, 5.74) is 3.80. The van der Waals surface area contributed by atoms with E-state index in [2.05, 4.69) is 11.1 Å². The monoisotopic (exact) mass is 255 g/mol. The van der Waals surface area contributed by atoms with Gasteiger partial charge in [-0.15, -0.1) is 0 Å². The molecule has 3 nitrogen and oxygen atoms in total. The van der Waals surface area contributed by atoms with E-state index in [-0.39, 0.29) is 0 Å². The van der Waals surface area contributed by atoms with Crippen LogP contribution < -0.4 is 4.74 Å². The number of aliphatic hydroxyl groups excluding tert-OH is 1. The average molecular weight is 255 g/mol. The number of pyridine rings is 1. The van der Waals surface area contributed by atoms with Crippen molar-refractivity contribution in [2.24, 2.45) is 0 Å². The average Bonchev–Trinajstić information content (AvgIpc) is 2.46. The van der Waals surface area contributed by atoms with Gasteiger partial charge in [-0.1, -0.05) is 18.2 Å². The van der Waals surface area contributed by atoms with E-state index in [1.807, 2.05) is 31.2 Å². The fourth-order valence-electron chi connectivity index (χ4n) is 2.55. The maximum Gasteiger partial charge on any atom is 0.128 e. The van der Waals surface area contributed by atoms with Crippen LogP contribution in [0.15, 0.2) is 36.5 Å². The number of rotatable bonds is 2. The molecule has 2 aromatic rings. The number of aliphatic hydroxyl groups is 1. The fourth-order valence-corrected chi connectivity index (χ4v) is 2.55. The molecule has 0 radical (unpaired) electrons. The second kappa shape index (κ2) is 5.02. The Hall–Kier alpha value is -1.87. The Morgan fingerprint density at radius 3 is 3.05 bits per heavy atom. The van der Waals surface area contributed by atoms with Crippen molar-refractivity contribution in [2.75, 3.05) is 6.61 Å². The minimum absolute atomic E-state index is 0.658. The molecule has 0 spiro atoms. The first-order valence-corrected chi connectivity index (χ1v) is 6.61. The van der Waals surface area contributed by atoms with Crippen LogP contribution >= 0.6 is 0 Å². The van der Waals surface area contributed by atoms with Gasteiger partial charge in [0.15, 0.2) is 0 Å². The molecular weight excluding hydrogens is 238 g/mol. The first-order chi connectivity index (χ1) is 9.25. The largest absolute Gasteiger partial charge is 0.493 e. The third kappa shape index (κ3) is 2.34. The summed E-state index contributed by atoms with van der Waals surface area (Å²) >= 11 is 0. The molecule has 2 heterocycles. The number of para-hydroxylation sites is 1. The van der Waals surface area contributed by atoms with Gasteiger partial charge in [0.2, 0.25) is 0 Å². The molecule has 0 saturated heterocycles. The molecule has 3 rings (SSSR count). The van der Waals surface area contributed by atoms with Gasteiger partial charge in [0.1, 0.15) is 11.9 Å². The van der Waals surface area contributed by atoms with Crippen molar-refractivity contribution < 1.29 is 9.84 Å². The number of nitrogens with zero attached hydrogens (tertiary/aromatic N) is 1. The Kier molecular flexibility index (Phi) is 3.22. The van der Waals surface area contributed by atoms with E-state index in [9.17, 15) is 5.11 Å². The third-order valence-corrected chi connectivity index (χ3v) is 3.49. The maximum absolute atomic E-state index is 10.6. The highest BCUT2D eigenvalue weighted by atomic mass is 16.5. The quantitative estimate of drug-likeness (QED) is 0.897. The van der Waals surface area contributed by atoms with E-state index < -0.39 is 6.10 Å². The van der Waals surface area contributed by atoms with Crippen LogP contribution in [-0.4, -0.2) is 16.7 Å². The van der Waals surface area contributed by atoms with Crippen molar-refractivity contribution in [3.8, 4) is 5.75 Å². The molecule has 0 amide bonds. The Labute approximate surface area is 112 Å². The van der Waals surface area contributed by atoms with Crippen molar-refractivity contribution in [3.05, 3.63) is 58.9 Å². The van der Waals surface area contributed by atoms with Gasteiger partial charge in [0, 0.05) is 17.5 Å². The van der Waals surface area contributed by atoms with E-state index in [0.29, 0.717) is 0 Å². The number of ether oxygens (including phenoxy) is 1. The molecule has 0 aliphatic carbocycles. The smallest absolute Gasteiger partial charge is 0.128 e. The predicted molar refractivity (Wildman–Crippen MR) is 73.3 cm³/mol. The van der Waals surface area contributed by atoms with Crippen molar-refractivity contribution in [2.45, 2.75) is 25.9 Å². The van der Waals surface area contributed by atoms with Gasteiger partial charge in [0.05, 0.1) is 6.61 Å². The molecule has 98 valence electrons. The molecule has 1 aromatic carbocycles. The van der Waals surface area contributed by atoms with E-state index in [1.54, 1.807) is 6.20 Å². The zero-order valence-corrected chi connectivity index (χ0v) is 11.0. The van der Waals surface area contributed by atoms with Gasteiger partial charge in [-0.05, 0) is 43.0 Å². The van der Waals surface area contributed by atoms with Crippen LogP contribution in [0.25, 0.3) is 0 Å². The number of hydrogen-bond donors (Lipinski definition) is 1. The number of fused-ring (bicyclic) bond motifs is 1. The molecule has 0 bridgehead atoms. The van der Waals surface area contributed by atoms with Crippen LogP contribution in [0.4, 0.5) is 0 Å². The zero-order chi connectivity index (χ0) is 13.2. The molecule has 3 heteroatoms. The molecule has 1 atom stereocenters. The number of aryl methyl sites for hydroxylation is 2. The fraction of sp³-hybridized carbons (Fsp3) is 0.312. The topological polar surface area (TPSA) is 42.4 Å². The first-order valence-electron chi connectivity index (χ1n) is 6.61. The van der Waals surface area contributed by atoms with Gasteiger partial charge >= 0.3 is 0 Å². The molecule has 1 aliphatic rings. The highest BCUT2D eigenvalue weighted by Gasteiger charge is 2.20. The van der Waals surface area contributed by atoms with Crippen molar-refractivity contribution >= 4 is 0 Å². The predicted octanol–water partition coefficient (Wildman–Crippen LogP) is 2.80. The van der Waals surface area contributed by atoms with Crippen molar-refractivity contribution in [1.29, 1.82) is 0 Å². The Morgan fingerprint density at radius 2 is 2.21 bits per heavy atom. The number of aromatic nitrogens is 1. The summed E-state index contributed by atoms with van der Waals surface area (Å²) in [6, 6.07) is 9.75. The second-order valence-corrected chi connectivity index (χ2v) is 4.92. The summed E-state index contributed by atoms with van der Waals surface area (Å²) in [6.07, 6.45) is 3.13. The SMILES string of the molecule is Cc1cc(C(O)c2cccc3c2OCCC3)ccn1. The number of hydrogen-bond acceptors (Lipinski definition) is 3. The minimum atomic E-state index is -0.658. The van der Waals surface area contributed by atoms with Crippen LogP contribution in [0.2, 0.25) is 0 Å². The number of benzene rings is 1. The van der Waals surface area contributed by atoms with Gasteiger partial charge in [0.25, 0.3) is 0 Å². The lowest BCUT2D eigenvalue weighted by molar-refractivity contribution is 0.206. The third-order valence-electron chi connectivity index (χ3n) is 3.49. The lowest BCUT2D eigenvalue weighted by atomic mass is 9.96. The second-order valence-electron chi connectivity index (χ2n) is 4.92. The molecule has 1 aromatic heterocycles. The maximum atomic E-state index is 10.6. The molecule has 19 heavy (non-hydrogen) atoms. The van der Waals surface area contributed by atoms with Crippen LogP contribution in [0.1, 0.15) is 34.9 Å². The Balaban J connectivity index is 2.02. The van der Waals surface area contributed by atoms with Crippen molar-refractivity contribution in [3.63, 3.8) is 0 Å². The molecule has 0 fully saturated rings. The van der Waals surface area contributed by atoms with Crippen LogP contribution in [-0.2, 0) is 6.42 Å². The van der Waals surface area contributed by atoms with Gasteiger partial charge in [-0.2, -0.15) is 0 Å². The van der Waals surface area contributed by atoms with Crippen molar-refractivity contribution in [1.82, 2.24) is 4.98 Å². The van der Waals surface area contributed by atoms with Crippen LogP contribution in [0, 0.1) is 6.92 Å². The summed E-state index contributed by atoms with van der Waals surface area (Å²) in [5, 5.41) is 10.6. The summed E-state index contributed by atoms with van der Waals surface area (Å²) in [6.45, 7) is 2.65. The van der Waals surface area contributed by atoms with E-state index in [4.69, 9.17) is 4.74 Å². The van der Waals surface area contributed by atoms with Crippen LogP contribution in [0.3, 0.4) is 0 Å². The minimum Gasteiger partial charge on any atom is -0.493 e. The zero-order valence-electron chi connectivity index (χ0n) is 11.0. The summed E-state index contributed by atoms with van der Waals surface area (Å²) in [7, 11) is 0. The highest BCUT2D eigenvalue weighted by molar-refractivity contribution is 5.46. The highest BCUT2D eigenvalue weighted by Crippen LogP contribution is 2.35. The standard InChI is InChI=1S/C16H17NO2/c1-11-10-13(7-8-17-11)15(18)14-6-2-4-12-5-3-9-19-16(12)14/h2,4,6-8,10,15,18H,3,5,9H2,1H3. The molecule has 1 N–H and O–H groups in total. The summed E-state index contributed by atoms with van der Waals surface area (Å²) in [4.78, 5) is 4.16. The van der Waals surface area contributed by atoms with Crippen LogP contribution in [0.5, 0.6) is 5.75 Å². The molecule has 1 unspecified atom stereocenters. The Morgan fingerprint density at radius 1 is 1.32 bits per heavy atom. The van der Waals surface area contributed by atoms with E-state index in [0.717, 1.165) is 42.0 Å². The lowest BCUT2D eigenvalue weighted by Gasteiger charge is -2.23. The normalized spacial score (nSPS) is 15.5. The molecule has 0 saturated carbocycles. The van der Waals surface area contributed by atoms with Gasteiger partial charge in [-0.25, -0.2) is 0 Å². The van der Waals surface area contributed by atoms with Gasteiger partial charge < -0.3 is 9.84 Å². The molecule has 1 aliphatic heterocycles.